The van der Waals surface area contributed by atoms with Crippen molar-refractivity contribution in [3.63, 3.8) is 0 Å². The monoisotopic (exact) mass is 532 g/mol. The summed E-state index contributed by atoms with van der Waals surface area (Å²) in [5.74, 6) is 0.226. The van der Waals surface area contributed by atoms with Crippen molar-refractivity contribution in [3.8, 4) is 11.4 Å². The van der Waals surface area contributed by atoms with Crippen LogP contribution in [-0.4, -0.2) is 51.2 Å². The maximum atomic E-state index is 13.0. The molecule has 0 fully saturated rings. The van der Waals surface area contributed by atoms with Crippen LogP contribution in [0.4, 0.5) is 4.79 Å². The molecule has 2 aromatic heterocycles. The lowest BCUT2D eigenvalue weighted by Crippen LogP contribution is -2.46. The van der Waals surface area contributed by atoms with Gasteiger partial charge in [-0.2, -0.15) is 5.10 Å². The maximum Gasteiger partial charge on any atom is 0.338 e. The zero-order valence-electron chi connectivity index (χ0n) is 20.6. The number of urea groups is 1. The zero-order valence-corrected chi connectivity index (χ0v) is 21.4. The first-order chi connectivity index (χ1) is 18.5. The van der Waals surface area contributed by atoms with Gasteiger partial charge in [0.25, 0.3) is 5.56 Å². The summed E-state index contributed by atoms with van der Waals surface area (Å²) in [6.45, 7) is 1.88. The molecule has 2 amide bonds. The van der Waals surface area contributed by atoms with E-state index < -0.39 is 18.0 Å². The highest BCUT2D eigenvalue weighted by molar-refractivity contribution is 7.99. The van der Waals surface area contributed by atoms with Crippen LogP contribution in [0.3, 0.4) is 0 Å². The molecule has 3 heterocycles. The van der Waals surface area contributed by atoms with E-state index in [1.807, 2.05) is 30.3 Å². The van der Waals surface area contributed by atoms with E-state index in [0.717, 1.165) is 5.69 Å². The van der Waals surface area contributed by atoms with E-state index in [0.29, 0.717) is 33.2 Å². The van der Waals surface area contributed by atoms with Crippen molar-refractivity contribution < 1.29 is 19.1 Å². The number of amides is 2. The van der Waals surface area contributed by atoms with E-state index in [4.69, 9.17) is 9.47 Å². The average Bonchev–Trinajstić information content (AvgIpc) is 3.37. The molecule has 0 radical (unpaired) electrons. The highest BCUT2D eigenvalue weighted by Gasteiger charge is 2.33. The van der Waals surface area contributed by atoms with Crippen LogP contribution in [-0.2, 0) is 9.53 Å². The predicted octanol–water partition coefficient (Wildman–Crippen LogP) is 3.08. The highest BCUT2D eigenvalue weighted by atomic mass is 32.2. The summed E-state index contributed by atoms with van der Waals surface area (Å²) in [6.07, 6.45) is 1.47. The van der Waals surface area contributed by atoms with Gasteiger partial charge in [-0.1, -0.05) is 42.1 Å². The molecule has 194 valence electrons. The van der Waals surface area contributed by atoms with Crippen LogP contribution < -0.4 is 20.9 Å². The molecule has 2 aromatic carbocycles. The quantitative estimate of drug-likeness (QED) is 0.179. The average molecular weight is 533 g/mol. The number of rotatable bonds is 8. The number of aromatic nitrogens is 4. The van der Waals surface area contributed by atoms with E-state index in [1.165, 1.54) is 18.0 Å². The van der Waals surface area contributed by atoms with Crippen molar-refractivity contribution in [2.75, 3.05) is 19.5 Å². The number of esters is 1. The predicted molar refractivity (Wildman–Crippen MR) is 141 cm³/mol. The minimum absolute atomic E-state index is 0.141. The number of aromatic amines is 1. The van der Waals surface area contributed by atoms with Crippen LogP contribution >= 0.6 is 11.8 Å². The topological polar surface area (TPSA) is 140 Å². The van der Waals surface area contributed by atoms with E-state index in [2.05, 4.69) is 25.7 Å². The van der Waals surface area contributed by atoms with Gasteiger partial charge >= 0.3 is 12.0 Å². The molecule has 1 unspecified atom stereocenters. The van der Waals surface area contributed by atoms with Crippen molar-refractivity contribution in [1.29, 1.82) is 0 Å². The molecular weight excluding hydrogens is 508 g/mol. The Hall–Kier alpha value is -4.58. The summed E-state index contributed by atoms with van der Waals surface area (Å²) in [5, 5.41) is 10.5. The normalized spacial score (nSPS) is 15.2. The summed E-state index contributed by atoms with van der Waals surface area (Å²) in [4.78, 5) is 45.7. The standard InChI is InChI=1S/C26H24N6O5S/c1-3-37-24(34)20-19(28-25(35)29-21(20)15-9-11-17(36-2)12-10-15)14-38-26-30-22-18(23(33)31-26)13-27-32(22)16-7-5-4-6-8-16/h4-13,21H,3,14H2,1-2H3,(H2,28,29,35)(H,30,31,33). The van der Waals surface area contributed by atoms with E-state index >= 15 is 0 Å². The lowest BCUT2D eigenvalue weighted by atomic mass is 9.95. The fourth-order valence-corrected chi connectivity index (χ4v) is 4.92. The van der Waals surface area contributed by atoms with Crippen molar-refractivity contribution in [2.24, 2.45) is 0 Å². The third-order valence-electron chi connectivity index (χ3n) is 5.87. The number of para-hydroxylation sites is 1. The molecule has 0 saturated carbocycles. The van der Waals surface area contributed by atoms with Gasteiger partial charge in [0.1, 0.15) is 11.1 Å². The number of carbonyl (C=O) groups excluding carboxylic acids is 2. The minimum atomic E-state index is -0.738. The number of fused-ring (bicyclic) bond motifs is 1. The first kappa shape index (κ1) is 25.1. The van der Waals surface area contributed by atoms with Gasteiger partial charge in [0.15, 0.2) is 10.8 Å². The van der Waals surface area contributed by atoms with Gasteiger partial charge in [-0.3, -0.25) is 4.79 Å². The number of hydrogen-bond acceptors (Lipinski definition) is 8. The SMILES string of the molecule is CCOC(=O)C1=C(CSc2nc3c(cnn3-c3ccccc3)c(=O)[nH]2)NC(=O)NC1c1ccc(OC)cc1. The molecule has 38 heavy (non-hydrogen) atoms. The molecule has 1 aliphatic heterocycles. The first-order valence-corrected chi connectivity index (χ1v) is 12.7. The Morgan fingerprint density at radius 1 is 1.11 bits per heavy atom. The lowest BCUT2D eigenvalue weighted by molar-refractivity contribution is -0.139. The van der Waals surface area contributed by atoms with E-state index in [1.54, 1.807) is 43.0 Å². The summed E-state index contributed by atoms with van der Waals surface area (Å²) in [5.41, 5.74) is 2.12. The second kappa shape index (κ2) is 10.8. The number of nitrogens with zero attached hydrogens (tertiary/aromatic N) is 3. The Balaban J connectivity index is 1.50. The second-order valence-electron chi connectivity index (χ2n) is 8.21. The largest absolute Gasteiger partial charge is 0.497 e. The molecule has 1 aliphatic rings. The Morgan fingerprint density at radius 3 is 2.58 bits per heavy atom. The Labute approximate surface area is 221 Å². The molecule has 0 spiro atoms. The summed E-state index contributed by atoms with van der Waals surface area (Å²) in [7, 11) is 1.56. The molecule has 0 saturated heterocycles. The number of methoxy groups -OCH3 is 1. The van der Waals surface area contributed by atoms with Crippen molar-refractivity contribution in [3.05, 3.63) is 88.0 Å². The third kappa shape index (κ3) is 4.98. The van der Waals surface area contributed by atoms with Gasteiger partial charge < -0.3 is 25.1 Å². The Kier molecular flexibility index (Phi) is 7.13. The van der Waals surface area contributed by atoms with Crippen LogP contribution in [0.5, 0.6) is 5.75 Å². The second-order valence-corrected chi connectivity index (χ2v) is 9.17. The molecule has 1 atom stereocenters. The van der Waals surface area contributed by atoms with Crippen LogP contribution in [0, 0.1) is 0 Å². The number of nitrogens with one attached hydrogen (secondary N) is 3. The van der Waals surface area contributed by atoms with Gasteiger partial charge in [-0.05, 0) is 36.8 Å². The van der Waals surface area contributed by atoms with Gasteiger partial charge in [0.05, 0.1) is 37.2 Å². The maximum absolute atomic E-state index is 13.0. The van der Waals surface area contributed by atoms with Crippen LogP contribution in [0.15, 0.2) is 82.0 Å². The number of thioether (sulfide) groups is 1. The van der Waals surface area contributed by atoms with Crippen molar-refractivity contribution in [2.45, 2.75) is 18.1 Å². The number of H-pyrrole nitrogens is 1. The van der Waals surface area contributed by atoms with E-state index in [-0.39, 0.29) is 23.5 Å². The van der Waals surface area contributed by atoms with Crippen molar-refractivity contribution in [1.82, 2.24) is 30.4 Å². The fourth-order valence-electron chi connectivity index (χ4n) is 4.09. The number of hydrogen-bond donors (Lipinski definition) is 3. The summed E-state index contributed by atoms with van der Waals surface area (Å²) in [6, 6.07) is 15.2. The minimum Gasteiger partial charge on any atom is -0.497 e. The first-order valence-electron chi connectivity index (χ1n) is 11.8. The molecule has 0 bridgehead atoms. The van der Waals surface area contributed by atoms with Gasteiger partial charge in [-0.25, -0.2) is 19.3 Å². The molecular formula is C26H24N6O5S. The van der Waals surface area contributed by atoms with Crippen molar-refractivity contribution >= 4 is 34.8 Å². The van der Waals surface area contributed by atoms with Gasteiger partial charge in [0, 0.05) is 11.4 Å². The molecule has 0 aliphatic carbocycles. The molecule has 11 nitrogen and oxygen atoms in total. The lowest BCUT2D eigenvalue weighted by Gasteiger charge is -2.29. The Bertz CT molecular complexity index is 1580. The number of carbonyl (C=O) groups is 2. The summed E-state index contributed by atoms with van der Waals surface area (Å²) >= 11 is 1.17. The van der Waals surface area contributed by atoms with Crippen LogP contribution in [0.2, 0.25) is 0 Å². The molecule has 4 aromatic rings. The van der Waals surface area contributed by atoms with Gasteiger partial charge in [-0.15, -0.1) is 0 Å². The molecule has 5 rings (SSSR count). The molecule has 12 heteroatoms. The number of benzene rings is 2. The van der Waals surface area contributed by atoms with Crippen LogP contribution in [0.25, 0.3) is 16.7 Å². The Morgan fingerprint density at radius 2 is 1.87 bits per heavy atom. The fraction of sp³-hybridized carbons (Fsp3) is 0.192. The molecule has 3 N–H and O–H groups in total. The van der Waals surface area contributed by atoms with Gasteiger partial charge in [0.2, 0.25) is 0 Å². The highest BCUT2D eigenvalue weighted by Crippen LogP contribution is 2.31. The number of ether oxygens (including phenoxy) is 2. The third-order valence-corrected chi connectivity index (χ3v) is 6.77. The summed E-state index contributed by atoms with van der Waals surface area (Å²) < 4.78 is 12.1. The zero-order chi connectivity index (χ0) is 26.6. The van der Waals surface area contributed by atoms with E-state index in [9.17, 15) is 14.4 Å². The smallest absolute Gasteiger partial charge is 0.338 e. The van der Waals surface area contributed by atoms with Crippen LogP contribution in [0.1, 0.15) is 18.5 Å².